The van der Waals surface area contributed by atoms with Crippen molar-refractivity contribution < 1.29 is 19.4 Å². The fourth-order valence-electron chi connectivity index (χ4n) is 5.33. The molecule has 3 atom stereocenters. The summed E-state index contributed by atoms with van der Waals surface area (Å²) in [4.78, 5) is 12.5. The van der Waals surface area contributed by atoms with E-state index in [1.807, 2.05) is 6.92 Å². The van der Waals surface area contributed by atoms with Crippen molar-refractivity contribution in [3.8, 4) is 11.5 Å². The minimum atomic E-state index is -0.312. The molecule has 1 aromatic carbocycles. The minimum Gasteiger partial charge on any atom is -0.487 e. The zero-order valence-electron chi connectivity index (χ0n) is 19.7. The molecule has 1 aromatic rings. The Hall–Kier alpha value is -1.55. The predicted octanol–water partition coefficient (Wildman–Crippen LogP) is 6.28. The smallest absolute Gasteiger partial charge is 0.311 e. The number of hydrogen-bond acceptors (Lipinski definition) is 4. The lowest BCUT2D eigenvalue weighted by atomic mass is 9.65. The van der Waals surface area contributed by atoms with E-state index in [1.54, 1.807) is 0 Å². The molecule has 0 aromatic heterocycles. The summed E-state index contributed by atoms with van der Waals surface area (Å²) in [6.45, 7) is 13.0. The molecule has 0 radical (unpaired) electrons. The number of rotatable bonds is 7. The van der Waals surface area contributed by atoms with Gasteiger partial charge in [-0.25, -0.2) is 0 Å². The van der Waals surface area contributed by atoms with Crippen LogP contribution in [0, 0.1) is 5.92 Å². The number of carbonyl (C=O) groups excluding carboxylic acids is 1. The van der Waals surface area contributed by atoms with Gasteiger partial charge < -0.3 is 14.6 Å². The van der Waals surface area contributed by atoms with Gasteiger partial charge in [0.1, 0.15) is 17.1 Å². The first-order valence-electron chi connectivity index (χ1n) is 11.8. The van der Waals surface area contributed by atoms with E-state index in [9.17, 15) is 9.90 Å². The topological polar surface area (TPSA) is 55.8 Å². The van der Waals surface area contributed by atoms with Crippen LogP contribution >= 0.6 is 0 Å². The van der Waals surface area contributed by atoms with E-state index in [0.717, 1.165) is 55.4 Å². The largest absolute Gasteiger partial charge is 0.487 e. The third-order valence-corrected chi connectivity index (χ3v) is 7.18. The van der Waals surface area contributed by atoms with Crippen molar-refractivity contribution >= 4 is 5.97 Å². The van der Waals surface area contributed by atoms with Crippen molar-refractivity contribution in [3.63, 3.8) is 0 Å². The number of unbranched alkanes of at least 4 members (excludes halogenated alkanes) is 1. The van der Waals surface area contributed by atoms with Crippen molar-refractivity contribution in [1.29, 1.82) is 0 Å². The number of fused-ring (bicyclic) bond motifs is 3. The van der Waals surface area contributed by atoms with Gasteiger partial charge in [0, 0.05) is 23.8 Å². The highest BCUT2D eigenvalue weighted by atomic mass is 16.5. The monoisotopic (exact) mass is 416 g/mol. The summed E-state index contributed by atoms with van der Waals surface area (Å²) in [5.41, 5.74) is 1.79. The summed E-state index contributed by atoms with van der Waals surface area (Å²) in [5.74, 6) is 1.73. The predicted molar refractivity (Wildman–Crippen MR) is 120 cm³/mol. The SMILES string of the molecule is CCCCC(C)(C)c1cc(OC(=O)CCC)c2c(c1)OC(C)(C)C1CCC(O)CC21. The van der Waals surface area contributed by atoms with Gasteiger partial charge in [-0.15, -0.1) is 0 Å². The molecule has 1 fully saturated rings. The Morgan fingerprint density at radius 2 is 1.97 bits per heavy atom. The molecule has 168 valence electrons. The molecule has 4 heteroatoms. The molecule has 2 aliphatic rings. The first-order chi connectivity index (χ1) is 14.1. The van der Waals surface area contributed by atoms with Gasteiger partial charge in [0.25, 0.3) is 0 Å². The van der Waals surface area contributed by atoms with Gasteiger partial charge in [0.2, 0.25) is 0 Å². The molecule has 0 saturated heterocycles. The fraction of sp³-hybridized carbons (Fsp3) is 0.731. The van der Waals surface area contributed by atoms with Crippen LogP contribution in [0.2, 0.25) is 0 Å². The molecule has 1 aliphatic heterocycles. The first-order valence-corrected chi connectivity index (χ1v) is 11.8. The standard InChI is InChI=1S/C26H40O4/c1-7-9-13-25(3,4)17-14-21(29-23(28)10-8-2)24-19-16-18(27)11-12-20(19)26(5,6)30-22(24)15-17/h14-15,18-20,27H,7-13,16H2,1-6H3. The molecule has 3 unspecified atom stereocenters. The molecule has 1 heterocycles. The lowest BCUT2D eigenvalue weighted by Crippen LogP contribution is -2.47. The minimum absolute atomic E-state index is 0.0343. The zero-order valence-corrected chi connectivity index (χ0v) is 19.7. The van der Waals surface area contributed by atoms with E-state index in [0.29, 0.717) is 24.5 Å². The number of carbonyl (C=O) groups is 1. The number of ether oxygens (including phenoxy) is 2. The second kappa shape index (κ2) is 8.90. The van der Waals surface area contributed by atoms with E-state index in [2.05, 4.69) is 46.8 Å². The van der Waals surface area contributed by atoms with Crippen LogP contribution in [0.25, 0.3) is 0 Å². The van der Waals surface area contributed by atoms with Crippen LogP contribution in [0.15, 0.2) is 12.1 Å². The highest BCUT2D eigenvalue weighted by molar-refractivity contribution is 5.73. The Balaban J connectivity index is 2.11. The first kappa shape index (κ1) is 23.1. The third kappa shape index (κ3) is 4.69. The van der Waals surface area contributed by atoms with Gasteiger partial charge in [-0.3, -0.25) is 4.79 Å². The van der Waals surface area contributed by atoms with Gasteiger partial charge in [-0.2, -0.15) is 0 Å². The molecule has 3 rings (SSSR count). The Kier molecular flexibility index (Phi) is 6.86. The maximum absolute atomic E-state index is 12.5. The van der Waals surface area contributed by atoms with Crippen molar-refractivity contribution in [2.24, 2.45) is 5.92 Å². The number of benzene rings is 1. The zero-order chi connectivity index (χ0) is 22.1. The molecular formula is C26H40O4. The van der Waals surface area contributed by atoms with Crippen molar-refractivity contribution in [1.82, 2.24) is 0 Å². The second-order valence-electron chi connectivity index (χ2n) is 10.5. The quantitative estimate of drug-likeness (QED) is 0.420. The molecule has 0 spiro atoms. The van der Waals surface area contributed by atoms with Crippen LogP contribution in [0.3, 0.4) is 0 Å². The summed E-state index contributed by atoms with van der Waals surface area (Å²) in [5, 5.41) is 10.4. The average molecular weight is 417 g/mol. The molecule has 0 bridgehead atoms. The Morgan fingerprint density at radius 3 is 2.63 bits per heavy atom. The number of aliphatic hydroxyl groups is 1. The van der Waals surface area contributed by atoms with Crippen molar-refractivity contribution in [2.75, 3.05) is 0 Å². The average Bonchev–Trinajstić information content (AvgIpc) is 2.65. The molecular weight excluding hydrogens is 376 g/mol. The van der Waals surface area contributed by atoms with Crippen LogP contribution in [0.5, 0.6) is 11.5 Å². The van der Waals surface area contributed by atoms with Crippen LogP contribution in [-0.2, 0) is 10.2 Å². The summed E-state index contributed by atoms with van der Waals surface area (Å²) < 4.78 is 12.5. The number of hydrogen-bond donors (Lipinski definition) is 1. The lowest BCUT2D eigenvalue weighted by Gasteiger charge is -2.49. The van der Waals surface area contributed by atoms with Crippen LogP contribution < -0.4 is 9.47 Å². The summed E-state index contributed by atoms with van der Waals surface area (Å²) in [7, 11) is 0. The highest BCUT2D eigenvalue weighted by Crippen LogP contribution is 2.55. The van der Waals surface area contributed by atoms with Crippen LogP contribution in [-0.4, -0.2) is 22.8 Å². The van der Waals surface area contributed by atoms with E-state index >= 15 is 0 Å². The molecule has 1 saturated carbocycles. The second-order valence-corrected chi connectivity index (χ2v) is 10.5. The maximum atomic E-state index is 12.5. The lowest BCUT2D eigenvalue weighted by molar-refractivity contribution is -0.134. The maximum Gasteiger partial charge on any atom is 0.311 e. The van der Waals surface area contributed by atoms with E-state index in [4.69, 9.17) is 9.47 Å². The highest BCUT2D eigenvalue weighted by Gasteiger charge is 2.48. The van der Waals surface area contributed by atoms with Crippen molar-refractivity contribution in [3.05, 3.63) is 23.3 Å². The van der Waals surface area contributed by atoms with Gasteiger partial charge in [0.15, 0.2) is 0 Å². The van der Waals surface area contributed by atoms with Gasteiger partial charge in [0.05, 0.1) is 6.10 Å². The molecule has 1 aliphatic carbocycles. The van der Waals surface area contributed by atoms with Gasteiger partial charge >= 0.3 is 5.97 Å². The molecule has 1 N–H and O–H groups in total. The van der Waals surface area contributed by atoms with Crippen molar-refractivity contribution in [2.45, 2.75) is 116 Å². The summed E-state index contributed by atoms with van der Waals surface area (Å²) in [6.07, 6.45) is 6.64. The molecule has 4 nitrogen and oxygen atoms in total. The number of aliphatic hydroxyl groups excluding tert-OH is 1. The van der Waals surface area contributed by atoms with Gasteiger partial charge in [-0.05, 0) is 69.1 Å². The summed E-state index contributed by atoms with van der Waals surface area (Å²) in [6, 6.07) is 4.24. The van der Waals surface area contributed by atoms with Gasteiger partial charge in [-0.1, -0.05) is 40.5 Å². The van der Waals surface area contributed by atoms with Crippen LogP contribution in [0.4, 0.5) is 0 Å². The summed E-state index contributed by atoms with van der Waals surface area (Å²) >= 11 is 0. The third-order valence-electron chi connectivity index (χ3n) is 7.18. The van der Waals surface area contributed by atoms with E-state index < -0.39 is 0 Å². The Bertz CT molecular complexity index is 765. The normalized spacial score (nSPS) is 25.1. The Morgan fingerprint density at radius 1 is 1.23 bits per heavy atom. The number of esters is 1. The van der Waals surface area contributed by atoms with Crippen LogP contribution in [0.1, 0.15) is 110 Å². The molecule has 30 heavy (non-hydrogen) atoms. The molecule has 0 amide bonds. The van der Waals surface area contributed by atoms with E-state index in [-0.39, 0.29) is 29.0 Å². The van der Waals surface area contributed by atoms with E-state index in [1.165, 1.54) is 0 Å². The fourth-order valence-corrected chi connectivity index (χ4v) is 5.33. The Labute approximate surface area is 182 Å².